The van der Waals surface area contributed by atoms with Crippen molar-refractivity contribution in [2.45, 2.75) is 39.9 Å². The number of benzene rings is 2. The van der Waals surface area contributed by atoms with Gasteiger partial charge in [-0.2, -0.15) is 13.2 Å². The summed E-state index contributed by atoms with van der Waals surface area (Å²) in [5, 5.41) is 0. The van der Waals surface area contributed by atoms with Crippen LogP contribution in [0.3, 0.4) is 0 Å². The number of aryl methyl sites for hydroxylation is 1. The van der Waals surface area contributed by atoms with Crippen LogP contribution in [0, 0.1) is 12.3 Å². The van der Waals surface area contributed by atoms with Crippen molar-refractivity contribution >= 4 is 11.6 Å². The van der Waals surface area contributed by atoms with Gasteiger partial charge in [-0.3, -0.25) is 9.69 Å². The molecule has 0 bridgehead atoms. The largest absolute Gasteiger partial charge is 0.489 e. The van der Waals surface area contributed by atoms with E-state index in [0.717, 1.165) is 17.7 Å². The summed E-state index contributed by atoms with van der Waals surface area (Å²) in [4.78, 5) is 14.9. The van der Waals surface area contributed by atoms with E-state index >= 15 is 0 Å². The Bertz CT molecular complexity index is 868. The van der Waals surface area contributed by atoms with E-state index in [9.17, 15) is 18.0 Å². The Hall–Kier alpha value is -2.50. The number of fused-ring (bicyclic) bond motifs is 1. The van der Waals surface area contributed by atoms with Crippen LogP contribution in [0.2, 0.25) is 0 Å². The van der Waals surface area contributed by atoms with Gasteiger partial charge in [0.15, 0.2) is 0 Å². The maximum atomic E-state index is 13.3. The Morgan fingerprint density at radius 2 is 1.81 bits per heavy atom. The van der Waals surface area contributed by atoms with Gasteiger partial charge in [-0.1, -0.05) is 32.9 Å². The van der Waals surface area contributed by atoms with Crippen molar-refractivity contribution in [3.63, 3.8) is 0 Å². The Morgan fingerprint density at radius 3 is 2.44 bits per heavy atom. The standard InChI is InChI=1S/C21H22F3NO2/c1-13-8-9-17-16(10-13)25(18(12-27-17)20(2,3)4)19(26)14-6-5-7-15(11-14)21(22,23)24/h5-11,18H,12H2,1-4H3/t18-/m0/s1. The lowest BCUT2D eigenvalue weighted by molar-refractivity contribution is -0.137. The highest BCUT2D eigenvalue weighted by atomic mass is 19.4. The number of hydrogen-bond donors (Lipinski definition) is 0. The number of anilines is 1. The highest BCUT2D eigenvalue weighted by Gasteiger charge is 2.40. The number of halogens is 3. The van der Waals surface area contributed by atoms with Gasteiger partial charge in [-0.05, 0) is 48.2 Å². The highest BCUT2D eigenvalue weighted by Crippen LogP contribution is 2.41. The van der Waals surface area contributed by atoms with E-state index in [2.05, 4.69) is 0 Å². The number of ether oxygens (including phenoxy) is 1. The van der Waals surface area contributed by atoms with E-state index in [-0.39, 0.29) is 23.6 Å². The number of alkyl halides is 3. The topological polar surface area (TPSA) is 29.5 Å². The molecule has 1 aliphatic heterocycles. The molecule has 27 heavy (non-hydrogen) atoms. The molecule has 0 unspecified atom stereocenters. The van der Waals surface area contributed by atoms with Crippen LogP contribution in [0.1, 0.15) is 42.3 Å². The molecule has 0 radical (unpaired) electrons. The molecule has 2 aromatic rings. The number of amides is 1. The molecule has 1 atom stereocenters. The first-order chi connectivity index (χ1) is 12.5. The maximum Gasteiger partial charge on any atom is 0.416 e. The maximum absolute atomic E-state index is 13.3. The molecule has 3 nitrogen and oxygen atoms in total. The Morgan fingerprint density at radius 1 is 1.11 bits per heavy atom. The summed E-state index contributed by atoms with van der Waals surface area (Å²) in [6.07, 6.45) is -4.50. The van der Waals surface area contributed by atoms with Crippen molar-refractivity contribution in [1.82, 2.24) is 0 Å². The molecule has 144 valence electrons. The minimum absolute atomic E-state index is 0.00781. The smallest absolute Gasteiger partial charge is 0.416 e. The van der Waals surface area contributed by atoms with Gasteiger partial charge in [0.05, 0.1) is 17.3 Å². The summed E-state index contributed by atoms with van der Waals surface area (Å²) in [5.41, 5.74) is 0.378. The molecule has 0 spiro atoms. The summed E-state index contributed by atoms with van der Waals surface area (Å²) in [6, 6.07) is 9.75. The first kappa shape index (κ1) is 19.3. The Kier molecular flexibility index (Phi) is 4.70. The first-order valence-electron chi connectivity index (χ1n) is 8.73. The number of carbonyl (C=O) groups is 1. The minimum Gasteiger partial charge on any atom is -0.489 e. The van der Waals surface area contributed by atoms with Crippen molar-refractivity contribution in [2.24, 2.45) is 5.41 Å². The monoisotopic (exact) mass is 377 g/mol. The van der Waals surface area contributed by atoms with Gasteiger partial charge < -0.3 is 4.74 Å². The van der Waals surface area contributed by atoms with Gasteiger partial charge in [0.1, 0.15) is 12.4 Å². The second-order valence-corrected chi connectivity index (χ2v) is 7.92. The van der Waals surface area contributed by atoms with Crippen molar-refractivity contribution in [1.29, 1.82) is 0 Å². The molecular weight excluding hydrogens is 355 g/mol. The third-order valence-corrected chi connectivity index (χ3v) is 4.74. The predicted molar refractivity (Wildman–Crippen MR) is 98.2 cm³/mol. The van der Waals surface area contributed by atoms with E-state index in [1.165, 1.54) is 12.1 Å². The van der Waals surface area contributed by atoms with E-state index in [1.807, 2.05) is 39.8 Å². The fourth-order valence-electron chi connectivity index (χ4n) is 3.20. The quantitative estimate of drug-likeness (QED) is 0.660. The zero-order valence-corrected chi connectivity index (χ0v) is 15.7. The molecule has 0 fully saturated rings. The summed E-state index contributed by atoms with van der Waals surface area (Å²) >= 11 is 0. The molecule has 0 saturated carbocycles. The molecule has 1 amide bonds. The minimum atomic E-state index is -4.50. The highest BCUT2D eigenvalue weighted by molar-refractivity contribution is 6.07. The van der Waals surface area contributed by atoms with Crippen LogP contribution in [0.5, 0.6) is 5.75 Å². The van der Waals surface area contributed by atoms with Gasteiger partial charge in [0.2, 0.25) is 0 Å². The van der Waals surface area contributed by atoms with Crippen LogP contribution in [0.4, 0.5) is 18.9 Å². The SMILES string of the molecule is Cc1ccc2c(c1)N(C(=O)c1cccc(C(F)(F)F)c1)[C@H](C(C)(C)C)CO2. The second kappa shape index (κ2) is 6.59. The lowest BCUT2D eigenvalue weighted by atomic mass is 9.84. The van der Waals surface area contributed by atoms with Crippen LogP contribution >= 0.6 is 0 Å². The van der Waals surface area contributed by atoms with Crippen LogP contribution in [-0.4, -0.2) is 18.6 Å². The van der Waals surface area contributed by atoms with E-state index < -0.39 is 17.6 Å². The number of nitrogens with zero attached hydrogens (tertiary/aromatic N) is 1. The van der Waals surface area contributed by atoms with Crippen molar-refractivity contribution in [2.75, 3.05) is 11.5 Å². The van der Waals surface area contributed by atoms with Crippen molar-refractivity contribution in [3.8, 4) is 5.75 Å². The molecule has 6 heteroatoms. The molecule has 3 rings (SSSR count). The van der Waals surface area contributed by atoms with Crippen LogP contribution in [0.15, 0.2) is 42.5 Å². The van der Waals surface area contributed by atoms with Crippen molar-refractivity contribution < 1.29 is 22.7 Å². The third kappa shape index (κ3) is 3.80. The predicted octanol–water partition coefficient (Wildman–Crippen LogP) is 5.47. The van der Waals surface area contributed by atoms with Crippen molar-refractivity contribution in [3.05, 3.63) is 59.2 Å². The average Bonchev–Trinajstić information content (AvgIpc) is 2.58. The fraction of sp³-hybridized carbons (Fsp3) is 0.381. The fourth-order valence-corrected chi connectivity index (χ4v) is 3.20. The summed E-state index contributed by atoms with van der Waals surface area (Å²) in [7, 11) is 0. The van der Waals surface area contributed by atoms with Gasteiger partial charge in [-0.25, -0.2) is 0 Å². The number of carbonyl (C=O) groups excluding carboxylic acids is 1. The van der Waals surface area contributed by atoms with E-state index in [1.54, 1.807) is 11.0 Å². The third-order valence-electron chi connectivity index (χ3n) is 4.74. The van der Waals surface area contributed by atoms with E-state index in [4.69, 9.17) is 4.74 Å². The molecule has 0 aromatic heterocycles. The Labute approximate surface area is 156 Å². The molecule has 0 N–H and O–H groups in total. The van der Waals surface area contributed by atoms with Gasteiger partial charge in [0, 0.05) is 5.56 Å². The molecule has 0 aliphatic carbocycles. The van der Waals surface area contributed by atoms with E-state index in [0.29, 0.717) is 11.4 Å². The van der Waals surface area contributed by atoms with Crippen LogP contribution < -0.4 is 9.64 Å². The summed E-state index contributed by atoms with van der Waals surface area (Å²) in [6.45, 7) is 8.12. The molecule has 2 aromatic carbocycles. The first-order valence-corrected chi connectivity index (χ1v) is 8.73. The summed E-state index contributed by atoms with van der Waals surface area (Å²) in [5.74, 6) is 0.0950. The Balaban J connectivity index is 2.11. The lowest BCUT2D eigenvalue weighted by Crippen LogP contribution is -2.53. The molecule has 1 aliphatic rings. The zero-order valence-electron chi connectivity index (χ0n) is 15.7. The summed E-state index contributed by atoms with van der Waals surface area (Å²) < 4.78 is 45.1. The average molecular weight is 377 g/mol. The van der Waals surface area contributed by atoms with Crippen LogP contribution in [-0.2, 0) is 6.18 Å². The normalized spacial score (nSPS) is 17.3. The second-order valence-electron chi connectivity index (χ2n) is 7.92. The number of hydrogen-bond acceptors (Lipinski definition) is 2. The molecule has 0 saturated heterocycles. The molecular formula is C21H22F3NO2. The van der Waals surface area contributed by atoms with Gasteiger partial charge >= 0.3 is 6.18 Å². The lowest BCUT2D eigenvalue weighted by Gasteiger charge is -2.43. The van der Waals surface area contributed by atoms with Crippen LogP contribution in [0.25, 0.3) is 0 Å². The van der Waals surface area contributed by atoms with Gasteiger partial charge in [0.25, 0.3) is 5.91 Å². The molecule has 1 heterocycles. The zero-order chi connectivity index (χ0) is 20.0. The van der Waals surface area contributed by atoms with Gasteiger partial charge in [-0.15, -0.1) is 0 Å². The number of rotatable bonds is 1.